The molecule has 0 radical (unpaired) electrons. The smallest absolute Gasteiger partial charge is 0.192 e. The first-order valence-electron chi connectivity index (χ1n) is 4.39. The van der Waals surface area contributed by atoms with Gasteiger partial charge in [-0.25, -0.2) is 0 Å². The van der Waals surface area contributed by atoms with Gasteiger partial charge in [0.05, 0.1) is 16.7 Å². The van der Waals surface area contributed by atoms with Crippen LogP contribution in [0.5, 0.6) is 0 Å². The van der Waals surface area contributed by atoms with Gasteiger partial charge in [-0.15, -0.1) is 0 Å². The van der Waals surface area contributed by atoms with Gasteiger partial charge in [-0.2, -0.15) is 31.6 Å². The highest BCUT2D eigenvalue weighted by molar-refractivity contribution is 9.08. The molecule has 1 nitrogen and oxygen atoms in total. The lowest BCUT2D eigenvalue weighted by Gasteiger charge is -2.17. The molecule has 0 unspecified atom stereocenters. The number of nitriles is 1. The van der Waals surface area contributed by atoms with Crippen molar-refractivity contribution in [1.29, 1.82) is 5.26 Å². The summed E-state index contributed by atoms with van der Waals surface area (Å²) >= 11 is 2.75. The maximum Gasteiger partial charge on any atom is 0.417 e. The van der Waals surface area contributed by atoms with Gasteiger partial charge in [0.2, 0.25) is 0 Å². The highest BCUT2D eigenvalue weighted by Gasteiger charge is 2.42. The highest BCUT2D eigenvalue weighted by atomic mass is 79.9. The molecule has 0 aliphatic rings. The SMILES string of the molecule is N#Cc1c(C(F)(F)F)ccc(CBr)c1C(F)(F)F. The molecule has 0 aromatic heterocycles. The number of rotatable bonds is 1. The van der Waals surface area contributed by atoms with Crippen molar-refractivity contribution < 1.29 is 26.3 Å². The Labute approximate surface area is 106 Å². The second kappa shape index (κ2) is 4.80. The maximum atomic E-state index is 12.7. The van der Waals surface area contributed by atoms with Crippen LogP contribution < -0.4 is 0 Å². The molecule has 18 heavy (non-hydrogen) atoms. The Hall–Kier alpha value is -1.23. The van der Waals surface area contributed by atoms with E-state index in [0.717, 1.165) is 6.07 Å². The minimum atomic E-state index is -5.02. The van der Waals surface area contributed by atoms with Gasteiger partial charge in [0.1, 0.15) is 6.07 Å². The molecule has 0 saturated carbocycles. The predicted octanol–water partition coefficient (Wildman–Crippen LogP) is 4.49. The van der Waals surface area contributed by atoms with E-state index in [0.29, 0.717) is 12.1 Å². The quantitative estimate of drug-likeness (QED) is 0.549. The van der Waals surface area contributed by atoms with Crippen LogP contribution in [0.3, 0.4) is 0 Å². The van der Waals surface area contributed by atoms with Crippen LogP contribution >= 0.6 is 15.9 Å². The van der Waals surface area contributed by atoms with Crippen molar-refractivity contribution in [1.82, 2.24) is 0 Å². The Morgan fingerprint density at radius 2 is 1.61 bits per heavy atom. The third-order valence-corrected chi connectivity index (χ3v) is 2.74. The van der Waals surface area contributed by atoms with Crippen LogP contribution in [0.4, 0.5) is 26.3 Å². The van der Waals surface area contributed by atoms with Crippen LogP contribution in [0.25, 0.3) is 0 Å². The van der Waals surface area contributed by atoms with Crippen LogP contribution in [-0.2, 0) is 17.7 Å². The normalized spacial score (nSPS) is 12.3. The van der Waals surface area contributed by atoms with Gasteiger partial charge in [-0.1, -0.05) is 22.0 Å². The average Bonchev–Trinajstić information content (AvgIpc) is 2.24. The van der Waals surface area contributed by atoms with Crippen LogP contribution in [-0.4, -0.2) is 0 Å². The van der Waals surface area contributed by atoms with Crippen LogP contribution in [0.1, 0.15) is 22.3 Å². The maximum absolute atomic E-state index is 12.7. The minimum absolute atomic E-state index is 0.297. The fraction of sp³-hybridized carbons (Fsp3) is 0.300. The van der Waals surface area contributed by atoms with Crippen LogP contribution in [0.2, 0.25) is 0 Å². The molecule has 0 fully saturated rings. The Bertz CT molecular complexity index is 497. The molecule has 0 aliphatic carbocycles. The number of hydrogen-bond acceptors (Lipinski definition) is 1. The van der Waals surface area contributed by atoms with E-state index < -0.39 is 34.6 Å². The summed E-state index contributed by atoms with van der Waals surface area (Å²) in [5, 5.41) is 8.28. The lowest BCUT2D eigenvalue weighted by molar-refractivity contribution is -0.143. The minimum Gasteiger partial charge on any atom is -0.192 e. The molecule has 0 saturated heterocycles. The monoisotopic (exact) mass is 331 g/mol. The lowest BCUT2D eigenvalue weighted by atomic mass is 9.96. The molecule has 0 aliphatic heterocycles. The summed E-state index contributed by atoms with van der Waals surface area (Å²) in [7, 11) is 0. The molecule has 1 aromatic carbocycles. The van der Waals surface area contributed by atoms with E-state index in [9.17, 15) is 26.3 Å². The summed E-state index contributed by atoms with van der Waals surface area (Å²) in [6, 6.07) is 2.18. The topological polar surface area (TPSA) is 23.8 Å². The fourth-order valence-electron chi connectivity index (χ4n) is 1.43. The number of nitrogens with zero attached hydrogens (tertiary/aromatic N) is 1. The first kappa shape index (κ1) is 14.8. The Balaban J connectivity index is 3.71. The molecule has 0 bridgehead atoms. The van der Waals surface area contributed by atoms with E-state index >= 15 is 0 Å². The van der Waals surface area contributed by atoms with Crippen molar-refractivity contribution in [2.45, 2.75) is 17.7 Å². The zero-order valence-corrected chi connectivity index (χ0v) is 10.0. The van der Waals surface area contributed by atoms with Gasteiger partial charge in [0.15, 0.2) is 0 Å². The van der Waals surface area contributed by atoms with Gasteiger partial charge >= 0.3 is 12.4 Å². The van der Waals surface area contributed by atoms with E-state index in [1.165, 1.54) is 0 Å². The number of alkyl halides is 7. The van der Waals surface area contributed by atoms with Crippen molar-refractivity contribution in [3.05, 3.63) is 34.4 Å². The molecular weight excluding hydrogens is 328 g/mol. The van der Waals surface area contributed by atoms with Crippen molar-refractivity contribution in [3.8, 4) is 6.07 Å². The first-order valence-corrected chi connectivity index (χ1v) is 5.51. The zero-order chi connectivity index (χ0) is 14.1. The third-order valence-electron chi connectivity index (χ3n) is 2.14. The molecule has 1 aromatic rings. The van der Waals surface area contributed by atoms with Crippen molar-refractivity contribution in [2.75, 3.05) is 0 Å². The van der Waals surface area contributed by atoms with E-state index in [2.05, 4.69) is 15.9 Å². The number of hydrogen-bond donors (Lipinski definition) is 0. The highest BCUT2D eigenvalue weighted by Crippen LogP contribution is 2.41. The summed E-state index contributed by atoms with van der Waals surface area (Å²) in [4.78, 5) is 0. The van der Waals surface area contributed by atoms with Gasteiger partial charge < -0.3 is 0 Å². The molecule has 0 spiro atoms. The Kier molecular flexibility index (Phi) is 3.96. The van der Waals surface area contributed by atoms with Crippen molar-refractivity contribution >= 4 is 15.9 Å². The largest absolute Gasteiger partial charge is 0.417 e. The summed E-state index contributed by atoms with van der Waals surface area (Å²) in [5.41, 5.74) is -4.93. The average molecular weight is 332 g/mol. The third kappa shape index (κ3) is 2.77. The van der Waals surface area contributed by atoms with E-state index in [-0.39, 0.29) is 5.33 Å². The molecule has 0 amide bonds. The lowest BCUT2D eigenvalue weighted by Crippen LogP contribution is -2.17. The van der Waals surface area contributed by atoms with Gasteiger partial charge in [-0.3, -0.25) is 0 Å². The summed E-state index contributed by atoms with van der Waals surface area (Å²) in [6.07, 6.45) is -10.0. The second-order valence-corrected chi connectivity index (χ2v) is 3.82. The van der Waals surface area contributed by atoms with E-state index in [4.69, 9.17) is 5.26 Å². The summed E-state index contributed by atoms with van der Waals surface area (Å²) < 4.78 is 75.7. The number of halogens is 7. The molecule has 0 atom stereocenters. The number of benzene rings is 1. The Morgan fingerprint density at radius 3 is 1.94 bits per heavy atom. The fourth-order valence-corrected chi connectivity index (χ4v) is 1.90. The first-order chi connectivity index (χ1) is 8.12. The summed E-state index contributed by atoms with van der Waals surface area (Å²) in [5.74, 6) is 0. The Morgan fingerprint density at radius 1 is 1.06 bits per heavy atom. The van der Waals surface area contributed by atoms with Crippen molar-refractivity contribution in [2.24, 2.45) is 0 Å². The molecular formula is C10H4BrF6N. The van der Waals surface area contributed by atoms with Crippen LogP contribution in [0.15, 0.2) is 12.1 Å². The molecule has 0 heterocycles. The predicted molar refractivity (Wildman–Crippen MR) is 53.8 cm³/mol. The van der Waals surface area contributed by atoms with Gasteiger partial charge in [0, 0.05) is 5.33 Å². The standard InChI is InChI=1S/C10H4BrF6N/c11-3-5-1-2-7(9(12,13)14)6(4-18)8(5)10(15,16)17/h1-2H,3H2. The van der Waals surface area contributed by atoms with Gasteiger partial charge in [-0.05, 0) is 11.6 Å². The molecule has 98 valence electrons. The van der Waals surface area contributed by atoms with E-state index in [1.807, 2.05) is 0 Å². The van der Waals surface area contributed by atoms with Crippen LogP contribution in [0, 0.1) is 11.3 Å². The molecule has 8 heteroatoms. The summed E-state index contributed by atoms with van der Waals surface area (Å²) in [6.45, 7) is 0. The zero-order valence-electron chi connectivity index (χ0n) is 8.45. The van der Waals surface area contributed by atoms with Crippen molar-refractivity contribution in [3.63, 3.8) is 0 Å². The molecule has 0 N–H and O–H groups in total. The molecule has 1 rings (SSSR count). The van der Waals surface area contributed by atoms with Gasteiger partial charge in [0.25, 0.3) is 0 Å². The second-order valence-electron chi connectivity index (χ2n) is 3.26. The van der Waals surface area contributed by atoms with E-state index in [1.54, 1.807) is 0 Å².